The maximum atomic E-state index is 12.4. The highest BCUT2D eigenvalue weighted by atomic mass is 32.1. The molecule has 1 aliphatic carbocycles. The van der Waals surface area contributed by atoms with Crippen LogP contribution in [0.5, 0.6) is 0 Å². The minimum atomic E-state index is -0.253. The van der Waals surface area contributed by atoms with Crippen LogP contribution in [0.4, 0.5) is 0 Å². The fourth-order valence-corrected chi connectivity index (χ4v) is 3.35. The largest absolute Gasteiger partial charge is 0.433 e. The molecule has 0 bridgehead atoms. The quantitative estimate of drug-likeness (QED) is 0.625. The molecule has 1 amide bonds. The van der Waals surface area contributed by atoms with Gasteiger partial charge in [-0.2, -0.15) is 0 Å². The van der Waals surface area contributed by atoms with E-state index >= 15 is 0 Å². The van der Waals surface area contributed by atoms with Gasteiger partial charge in [0.05, 0.1) is 0 Å². The average molecular weight is 283 g/mol. The van der Waals surface area contributed by atoms with E-state index in [1.54, 1.807) is 4.90 Å². The van der Waals surface area contributed by atoms with Gasteiger partial charge in [0.15, 0.2) is 5.78 Å². The molecular weight excluding hydrogens is 262 g/mol. The van der Waals surface area contributed by atoms with E-state index in [0.29, 0.717) is 31.6 Å². The van der Waals surface area contributed by atoms with Crippen LogP contribution < -0.4 is 0 Å². The van der Waals surface area contributed by atoms with E-state index in [1.165, 1.54) is 0 Å². The van der Waals surface area contributed by atoms with Crippen LogP contribution in [0.15, 0.2) is 11.3 Å². The van der Waals surface area contributed by atoms with Crippen LogP contribution in [0.25, 0.3) is 0 Å². The summed E-state index contributed by atoms with van der Waals surface area (Å²) in [5.41, 5.74) is 0.490. The van der Waals surface area contributed by atoms with E-state index in [-0.39, 0.29) is 23.0 Å². The molecule has 2 rings (SSSR count). The van der Waals surface area contributed by atoms with Crippen LogP contribution in [0.1, 0.15) is 39.5 Å². The number of carbonyl (C=O) groups excluding carboxylic acids is 2. The first-order valence-electron chi connectivity index (χ1n) is 6.70. The van der Waals surface area contributed by atoms with E-state index < -0.39 is 0 Å². The first-order valence-corrected chi connectivity index (χ1v) is 7.07. The highest BCUT2D eigenvalue weighted by Gasteiger charge is 2.45. The zero-order chi connectivity index (χ0) is 14.2. The summed E-state index contributed by atoms with van der Waals surface area (Å²) in [7, 11) is 1.81. The number of hydrogen-bond donors (Lipinski definition) is 1. The zero-order valence-electron chi connectivity index (χ0n) is 11.7. The highest BCUT2D eigenvalue weighted by Crippen LogP contribution is 2.47. The molecule has 106 valence electrons. The lowest BCUT2D eigenvalue weighted by molar-refractivity contribution is -0.138. The van der Waals surface area contributed by atoms with Crippen LogP contribution in [0.3, 0.4) is 0 Å². The number of ketones is 1. The van der Waals surface area contributed by atoms with E-state index in [2.05, 4.69) is 12.9 Å². The highest BCUT2D eigenvalue weighted by molar-refractivity contribution is 7.75. The fourth-order valence-electron chi connectivity index (χ4n) is 3.19. The molecule has 5 heteroatoms. The first kappa shape index (κ1) is 14.4. The Hall–Kier alpha value is -0.970. The van der Waals surface area contributed by atoms with E-state index in [1.807, 2.05) is 20.9 Å². The summed E-state index contributed by atoms with van der Waals surface area (Å²) in [5, 5.41) is 0. The molecule has 4 nitrogen and oxygen atoms in total. The molecule has 0 aromatic rings. The fraction of sp³-hybridized carbons (Fsp3) is 0.714. The van der Waals surface area contributed by atoms with Gasteiger partial charge in [0, 0.05) is 51.3 Å². The summed E-state index contributed by atoms with van der Waals surface area (Å²) in [6, 6.07) is 0. The third-order valence-electron chi connectivity index (χ3n) is 4.29. The Morgan fingerprint density at radius 1 is 1.26 bits per heavy atom. The molecule has 0 aromatic carbocycles. The number of Topliss-reactive ketones (excluding diaryl/α,β-unsaturated/α-hetero) is 1. The number of hydrogen-bond acceptors (Lipinski definition) is 4. The number of likely N-dealkylation sites (tertiary alicyclic amines) is 1. The minimum absolute atomic E-state index is 0.114. The third kappa shape index (κ3) is 2.66. The summed E-state index contributed by atoms with van der Waals surface area (Å²) in [5.74, 6) is 1.02. The molecule has 1 spiro atoms. The Kier molecular flexibility index (Phi) is 3.95. The normalized spacial score (nSPS) is 28.6. The summed E-state index contributed by atoms with van der Waals surface area (Å²) in [4.78, 5) is 26.0. The molecule has 1 aliphatic heterocycles. The molecule has 1 unspecified atom stereocenters. The molecule has 1 atom stereocenters. The molecule has 1 fully saturated rings. The molecule has 0 N–H and O–H groups in total. The number of amides is 1. The van der Waals surface area contributed by atoms with Crippen LogP contribution in [-0.2, 0) is 13.8 Å². The monoisotopic (exact) mass is 283 g/mol. The van der Waals surface area contributed by atoms with Crippen molar-refractivity contribution in [2.45, 2.75) is 39.5 Å². The Labute approximate surface area is 119 Å². The van der Waals surface area contributed by atoms with Crippen LogP contribution in [-0.4, -0.2) is 30.2 Å². The Bertz CT molecular complexity index is 444. The van der Waals surface area contributed by atoms with E-state index in [4.69, 9.17) is 4.18 Å². The molecule has 0 aromatic heterocycles. The third-order valence-corrected chi connectivity index (χ3v) is 4.51. The van der Waals surface area contributed by atoms with Gasteiger partial charge in [-0.15, -0.1) is 0 Å². The zero-order valence-corrected chi connectivity index (χ0v) is 12.6. The van der Waals surface area contributed by atoms with Gasteiger partial charge in [0.25, 0.3) is 0 Å². The topological polar surface area (TPSA) is 46.6 Å². The maximum Gasteiger partial charge on any atom is 0.222 e. The van der Waals surface area contributed by atoms with Crippen LogP contribution in [0.2, 0.25) is 0 Å². The van der Waals surface area contributed by atoms with Gasteiger partial charge in [0.1, 0.15) is 5.76 Å². The lowest BCUT2D eigenvalue weighted by atomic mass is 9.66. The number of thiol groups is 1. The van der Waals surface area contributed by atoms with Crippen molar-refractivity contribution >= 4 is 24.6 Å². The van der Waals surface area contributed by atoms with Gasteiger partial charge in [-0.1, -0.05) is 13.8 Å². The lowest BCUT2D eigenvalue weighted by Gasteiger charge is -2.42. The summed E-state index contributed by atoms with van der Waals surface area (Å²) < 4.78 is 5.15. The molecule has 1 saturated heterocycles. The second-order valence-electron chi connectivity index (χ2n) is 6.10. The van der Waals surface area contributed by atoms with Crippen molar-refractivity contribution in [2.24, 2.45) is 11.3 Å². The van der Waals surface area contributed by atoms with Crippen molar-refractivity contribution in [2.75, 3.05) is 13.6 Å². The lowest BCUT2D eigenvalue weighted by Crippen LogP contribution is -2.45. The van der Waals surface area contributed by atoms with Crippen molar-refractivity contribution in [3.8, 4) is 0 Å². The van der Waals surface area contributed by atoms with E-state index in [9.17, 15) is 9.59 Å². The molecule has 0 radical (unpaired) electrons. The standard InChI is InChI=1S/C14H21NO3S/c1-9(2)13-10(16)6-14(7-11(13)18-19)4-5-15(3)12(17)8-14/h9,19H,4-8H2,1-3H3. The number of allylic oxidation sites excluding steroid dienone is 2. The number of rotatable bonds is 2. The predicted octanol–water partition coefficient (Wildman–Crippen LogP) is 2.36. The smallest absolute Gasteiger partial charge is 0.222 e. The van der Waals surface area contributed by atoms with Gasteiger partial charge < -0.3 is 9.08 Å². The molecule has 2 aliphatic rings. The average Bonchev–Trinajstić information content (AvgIpc) is 2.33. The summed E-state index contributed by atoms with van der Waals surface area (Å²) >= 11 is 3.90. The van der Waals surface area contributed by atoms with Gasteiger partial charge in [0.2, 0.25) is 5.91 Å². The van der Waals surface area contributed by atoms with Gasteiger partial charge >= 0.3 is 0 Å². The van der Waals surface area contributed by atoms with Gasteiger partial charge in [-0.05, 0) is 17.8 Å². The van der Waals surface area contributed by atoms with Crippen LogP contribution in [0, 0.1) is 11.3 Å². The maximum absolute atomic E-state index is 12.4. The Morgan fingerprint density at radius 2 is 1.95 bits per heavy atom. The number of piperidine rings is 1. The Morgan fingerprint density at radius 3 is 2.47 bits per heavy atom. The summed E-state index contributed by atoms with van der Waals surface area (Å²) in [6.45, 7) is 4.68. The summed E-state index contributed by atoms with van der Waals surface area (Å²) in [6.07, 6.45) is 2.39. The minimum Gasteiger partial charge on any atom is -0.433 e. The molecular formula is C14H21NO3S. The van der Waals surface area contributed by atoms with Crippen molar-refractivity contribution in [3.05, 3.63) is 11.3 Å². The second kappa shape index (κ2) is 5.19. The Balaban J connectivity index is 2.30. The number of nitrogens with zero attached hydrogens (tertiary/aromatic N) is 1. The first-order chi connectivity index (χ1) is 8.88. The van der Waals surface area contributed by atoms with Crippen molar-refractivity contribution in [3.63, 3.8) is 0 Å². The molecule has 0 saturated carbocycles. The SMILES string of the molecule is CC(C)C1=C(OS)CC2(CCN(C)C(=O)C2)CC1=O. The van der Waals surface area contributed by atoms with E-state index in [0.717, 1.165) is 12.0 Å². The predicted molar refractivity (Wildman–Crippen MR) is 75.5 cm³/mol. The number of carbonyl (C=O) groups is 2. The van der Waals surface area contributed by atoms with Crippen molar-refractivity contribution < 1.29 is 13.8 Å². The van der Waals surface area contributed by atoms with Crippen LogP contribution >= 0.6 is 12.9 Å². The molecule has 19 heavy (non-hydrogen) atoms. The van der Waals surface area contributed by atoms with Crippen molar-refractivity contribution in [1.82, 2.24) is 4.90 Å². The van der Waals surface area contributed by atoms with Gasteiger partial charge in [-0.25, -0.2) is 0 Å². The van der Waals surface area contributed by atoms with Gasteiger partial charge in [-0.3, -0.25) is 9.59 Å². The molecule has 1 heterocycles. The van der Waals surface area contributed by atoms with Crippen molar-refractivity contribution in [1.29, 1.82) is 0 Å². The second-order valence-corrected chi connectivity index (χ2v) is 6.28.